The predicted octanol–water partition coefficient (Wildman–Crippen LogP) is -3.40. The first-order valence-corrected chi connectivity index (χ1v) is 22.8. The van der Waals surface area contributed by atoms with Crippen molar-refractivity contribution >= 4 is 65.9 Å². The Balaban J connectivity index is 3.48. The molecule has 1 aromatic rings. The highest BCUT2D eigenvalue weighted by atomic mass is 32.1. The number of aromatic amines is 1. The highest BCUT2D eigenvalue weighted by Gasteiger charge is 2.33. The zero-order valence-corrected chi connectivity index (χ0v) is 38.6. The average molecular weight is 938 g/mol. The summed E-state index contributed by atoms with van der Waals surface area (Å²) in [6.07, 6.45) is 7.47. The number of aromatic nitrogens is 2. The second kappa shape index (κ2) is 33.8. The third kappa shape index (κ3) is 24.3. The standard InChI is InChI=1S/C40H75N17O7S/c41-15-6-4-9-29(36(44)62)56(33(59)13-5-7-17-52-39(45)46)22-19-51-38(64)31(25-28-26-49-27-54-28)57(34(60)12-3-1-2-11-32(43)58)23-20-50-37(63)30(10-8-18-53-40(47)48)55(21-16-42)35(61)14-24-65/h26-27,29-31,65H,1-25,41-42H2,(H2,43,58)(H2,44,62)(H,49,54)(H,50,63)(H,51,64)(H4,45,46,52)(H4,47,48,53). The summed E-state index contributed by atoms with van der Waals surface area (Å²) in [6.45, 7) is 0.658. The molecule has 1 heterocycles. The van der Waals surface area contributed by atoms with Gasteiger partial charge in [0.2, 0.25) is 41.4 Å². The summed E-state index contributed by atoms with van der Waals surface area (Å²) in [5.74, 6) is -3.29. The fourth-order valence-corrected chi connectivity index (χ4v) is 7.21. The Labute approximate surface area is 387 Å². The highest BCUT2D eigenvalue weighted by Crippen LogP contribution is 2.16. The zero-order chi connectivity index (χ0) is 48.6. The molecule has 0 saturated carbocycles. The molecule has 24 nitrogen and oxygen atoms in total. The van der Waals surface area contributed by atoms with Crippen molar-refractivity contribution in [1.29, 1.82) is 0 Å². The molecule has 0 aliphatic rings. The highest BCUT2D eigenvalue weighted by molar-refractivity contribution is 7.80. The molecule has 0 spiro atoms. The lowest BCUT2D eigenvalue weighted by molar-refractivity contribution is -0.142. The smallest absolute Gasteiger partial charge is 0.243 e. The van der Waals surface area contributed by atoms with Gasteiger partial charge in [0.25, 0.3) is 0 Å². The molecule has 1 rings (SSSR count). The Bertz CT molecular complexity index is 1660. The first-order valence-electron chi connectivity index (χ1n) is 22.2. The topological polar surface area (TPSA) is 415 Å². The van der Waals surface area contributed by atoms with Crippen LogP contribution in [0.1, 0.15) is 95.6 Å². The van der Waals surface area contributed by atoms with Crippen molar-refractivity contribution in [3.8, 4) is 0 Å². The fraction of sp³-hybridized carbons (Fsp3) is 0.700. The van der Waals surface area contributed by atoms with Crippen LogP contribution in [0.5, 0.6) is 0 Å². The largest absolute Gasteiger partial charge is 0.370 e. The van der Waals surface area contributed by atoms with Gasteiger partial charge in [-0.15, -0.1) is 0 Å². The van der Waals surface area contributed by atoms with E-state index in [1.165, 1.54) is 27.2 Å². The van der Waals surface area contributed by atoms with Gasteiger partial charge in [-0.05, 0) is 70.1 Å². The average Bonchev–Trinajstić information content (AvgIpc) is 3.77. The van der Waals surface area contributed by atoms with Gasteiger partial charge >= 0.3 is 0 Å². The molecule has 0 saturated heterocycles. The first-order chi connectivity index (χ1) is 31.1. The van der Waals surface area contributed by atoms with Gasteiger partial charge in [0.15, 0.2) is 11.9 Å². The van der Waals surface area contributed by atoms with Crippen molar-refractivity contribution < 1.29 is 33.6 Å². The van der Waals surface area contributed by atoms with Crippen LogP contribution in [0.15, 0.2) is 22.5 Å². The van der Waals surface area contributed by atoms with E-state index in [4.69, 9.17) is 45.9 Å². The molecule has 0 aliphatic carbocycles. The number of carbonyl (C=O) groups is 7. The monoisotopic (exact) mass is 938 g/mol. The number of thiol groups is 1. The third-order valence-corrected chi connectivity index (χ3v) is 10.5. The molecule has 0 bridgehead atoms. The normalized spacial score (nSPS) is 12.2. The molecule has 0 fully saturated rings. The molecule has 368 valence electrons. The number of primary amides is 2. The van der Waals surface area contributed by atoms with E-state index in [0.29, 0.717) is 70.2 Å². The quantitative estimate of drug-likeness (QED) is 0.0134. The van der Waals surface area contributed by atoms with E-state index in [2.05, 4.69) is 43.2 Å². The molecule has 7 amide bonds. The lowest BCUT2D eigenvalue weighted by atomic mass is 10.1. The minimum atomic E-state index is -1.15. The molecule has 25 heteroatoms. The number of nitrogens with one attached hydrogen (secondary N) is 3. The van der Waals surface area contributed by atoms with E-state index in [9.17, 15) is 33.6 Å². The van der Waals surface area contributed by atoms with Gasteiger partial charge in [-0.3, -0.25) is 43.5 Å². The molecule has 0 radical (unpaired) electrons. The molecule has 0 aromatic carbocycles. The van der Waals surface area contributed by atoms with E-state index in [1.54, 1.807) is 0 Å². The van der Waals surface area contributed by atoms with Gasteiger partial charge in [0.05, 0.1) is 6.33 Å². The lowest BCUT2D eigenvalue weighted by Crippen LogP contribution is -2.56. The van der Waals surface area contributed by atoms with Crippen LogP contribution in [0.4, 0.5) is 0 Å². The number of amides is 7. The third-order valence-electron chi connectivity index (χ3n) is 10.3. The summed E-state index contributed by atoms with van der Waals surface area (Å²) in [5.41, 5.74) is 45.0. The summed E-state index contributed by atoms with van der Waals surface area (Å²) >= 11 is 4.19. The SMILES string of the molecule is NCCCCC(C(N)=O)N(CCNC(=O)C(Cc1cnc[nH]1)N(CCNC(=O)C(CCCN=C(N)N)N(CCN)C(=O)CCS)C(=O)CCCCCC(N)=O)C(=O)CCCCN=C(N)N. The summed E-state index contributed by atoms with van der Waals surface area (Å²) in [6, 6.07) is -3.07. The van der Waals surface area contributed by atoms with Crippen molar-refractivity contribution in [3.63, 3.8) is 0 Å². The number of guanidine groups is 2. The van der Waals surface area contributed by atoms with Crippen LogP contribution < -0.4 is 56.5 Å². The molecular weight excluding hydrogens is 863 g/mol. The Morgan fingerprint density at radius 2 is 1.14 bits per heavy atom. The van der Waals surface area contributed by atoms with Gasteiger partial charge in [-0.2, -0.15) is 12.6 Å². The number of unbranched alkanes of at least 4 members (excludes halogenated alkanes) is 4. The van der Waals surface area contributed by atoms with Crippen molar-refractivity contribution in [2.24, 2.45) is 55.9 Å². The number of imidazole rings is 1. The summed E-state index contributed by atoms with van der Waals surface area (Å²) in [5, 5.41) is 5.70. The number of H-pyrrole nitrogens is 1. The maximum Gasteiger partial charge on any atom is 0.243 e. The second-order valence-corrected chi connectivity index (χ2v) is 15.8. The zero-order valence-electron chi connectivity index (χ0n) is 37.7. The summed E-state index contributed by atoms with van der Waals surface area (Å²) < 4.78 is 0. The predicted molar refractivity (Wildman–Crippen MR) is 251 cm³/mol. The summed E-state index contributed by atoms with van der Waals surface area (Å²) in [7, 11) is 0. The number of hydrogen-bond donors (Lipinski definition) is 12. The number of aliphatic imine (C=N–C) groups is 2. The van der Waals surface area contributed by atoms with E-state index >= 15 is 0 Å². The number of nitrogens with zero attached hydrogens (tertiary/aromatic N) is 6. The van der Waals surface area contributed by atoms with Gasteiger partial charge in [0.1, 0.15) is 18.1 Å². The van der Waals surface area contributed by atoms with Crippen LogP contribution in [0.3, 0.4) is 0 Å². The molecule has 65 heavy (non-hydrogen) atoms. The minimum Gasteiger partial charge on any atom is -0.370 e. The van der Waals surface area contributed by atoms with Crippen molar-refractivity contribution in [1.82, 2.24) is 35.3 Å². The Morgan fingerprint density at radius 3 is 1.66 bits per heavy atom. The number of carbonyl (C=O) groups excluding carboxylic acids is 7. The number of rotatable bonds is 37. The van der Waals surface area contributed by atoms with Crippen molar-refractivity contribution in [2.75, 3.05) is 64.7 Å². The summed E-state index contributed by atoms with van der Waals surface area (Å²) in [4.78, 5) is 112. The number of hydrogen-bond acceptors (Lipinski definition) is 13. The van der Waals surface area contributed by atoms with Crippen LogP contribution in [0.25, 0.3) is 0 Å². The van der Waals surface area contributed by atoms with Gasteiger partial charge in [-0.1, -0.05) is 6.42 Å². The van der Waals surface area contributed by atoms with Crippen LogP contribution >= 0.6 is 12.6 Å². The van der Waals surface area contributed by atoms with E-state index < -0.39 is 47.7 Å². The first kappa shape index (κ1) is 57.3. The van der Waals surface area contributed by atoms with Crippen molar-refractivity contribution in [3.05, 3.63) is 18.2 Å². The molecule has 3 unspecified atom stereocenters. The maximum atomic E-state index is 14.3. The maximum absolute atomic E-state index is 14.3. The lowest BCUT2D eigenvalue weighted by Gasteiger charge is -2.33. The van der Waals surface area contributed by atoms with Crippen LogP contribution in [-0.2, 0) is 40.0 Å². The van der Waals surface area contributed by atoms with Gasteiger partial charge in [-0.25, -0.2) is 4.98 Å². The van der Waals surface area contributed by atoms with Gasteiger partial charge in [0, 0.05) is 96.4 Å². The van der Waals surface area contributed by atoms with Crippen LogP contribution in [-0.4, -0.2) is 161 Å². The molecule has 0 aliphatic heterocycles. The Hall–Kier alpha value is -5.69. The number of nitrogens with two attached hydrogens (primary N) is 8. The van der Waals surface area contributed by atoms with Crippen molar-refractivity contribution in [2.45, 2.75) is 114 Å². The van der Waals surface area contributed by atoms with E-state index in [0.717, 1.165) is 0 Å². The molecular formula is C40H75N17O7S. The molecule has 3 atom stereocenters. The van der Waals surface area contributed by atoms with E-state index in [-0.39, 0.29) is 120 Å². The minimum absolute atomic E-state index is 0.00391. The Morgan fingerprint density at radius 1 is 0.615 bits per heavy atom. The molecule has 19 N–H and O–H groups in total. The van der Waals surface area contributed by atoms with Crippen LogP contribution in [0, 0.1) is 0 Å². The molecule has 1 aromatic heterocycles. The van der Waals surface area contributed by atoms with Gasteiger partial charge < -0.3 is 76.2 Å². The fourth-order valence-electron chi connectivity index (χ4n) is 7.02. The Kier molecular flexibility index (Phi) is 29.8. The second-order valence-electron chi connectivity index (χ2n) is 15.4. The van der Waals surface area contributed by atoms with Crippen LogP contribution in [0.2, 0.25) is 0 Å². The van der Waals surface area contributed by atoms with E-state index in [1.807, 2.05) is 0 Å².